The van der Waals surface area contributed by atoms with Gasteiger partial charge < -0.3 is 19.3 Å². The lowest BCUT2D eigenvalue weighted by Gasteiger charge is -2.26. The highest BCUT2D eigenvalue weighted by Gasteiger charge is 2.15. The van der Waals surface area contributed by atoms with Crippen LogP contribution in [0.1, 0.15) is 77.9 Å². The quantitative estimate of drug-likeness (QED) is 0.0445. The average Bonchev–Trinajstić information content (AvgIpc) is 0.815. The summed E-state index contributed by atoms with van der Waals surface area (Å²) in [6.07, 6.45) is 30.3. The van der Waals surface area contributed by atoms with Gasteiger partial charge >= 0.3 is 0 Å². The van der Waals surface area contributed by atoms with Gasteiger partial charge in [-0.3, -0.25) is 0 Å². The van der Waals surface area contributed by atoms with Crippen molar-refractivity contribution in [2.45, 2.75) is 0 Å². The molecule has 0 aromatic heterocycles. The molecule has 0 fully saturated rings. The minimum absolute atomic E-state index is 0.812. The Morgan fingerprint density at radius 3 is 0.560 bits per heavy atom. The molecule has 0 aliphatic heterocycles. The first-order valence-electron chi connectivity index (χ1n) is 33.7. The van der Waals surface area contributed by atoms with Crippen molar-refractivity contribution in [3.63, 3.8) is 0 Å². The largest absolute Gasteiger partial charge is 0.497 e. The number of ether oxygens (including phenoxy) is 2. The van der Waals surface area contributed by atoms with Crippen LogP contribution in [0, 0.1) is 0 Å². The summed E-state index contributed by atoms with van der Waals surface area (Å²) in [5.41, 5.74) is 24.7. The van der Waals surface area contributed by atoms with E-state index in [0.717, 1.165) is 101 Å². The first-order chi connectivity index (χ1) is 49.4. The lowest BCUT2D eigenvalue weighted by atomic mass is 9.97. The van der Waals surface area contributed by atoms with Crippen molar-refractivity contribution in [2.24, 2.45) is 0 Å². The molecule has 100 heavy (non-hydrogen) atoms. The fourth-order valence-electron chi connectivity index (χ4n) is 11.9. The topological polar surface area (TPSA) is 24.9 Å². The van der Waals surface area contributed by atoms with Gasteiger partial charge in [0.15, 0.2) is 0 Å². The Labute approximate surface area is 589 Å². The summed E-state index contributed by atoms with van der Waals surface area (Å²) in [6, 6.07) is 119. The van der Waals surface area contributed by atoms with Crippen LogP contribution in [0.3, 0.4) is 0 Å². The summed E-state index contributed by atoms with van der Waals surface area (Å²) in [5.74, 6) is 1.62. The molecule has 0 radical (unpaired) electrons. The Hall–Kier alpha value is -13.0. The van der Waals surface area contributed by atoms with E-state index in [2.05, 4.69) is 410 Å². The second kappa shape index (κ2) is 33.1. The van der Waals surface area contributed by atoms with E-state index in [-0.39, 0.29) is 0 Å². The van der Waals surface area contributed by atoms with Gasteiger partial charge in [0.1, 0.15) is 11.5 Å². The zero-order chi connectivity index (χ0) is 67.9. The number of hydrogen-bond acceptors (Lipinski definition) is 4. The van der Waals surface area contributed by atoms with E-state index in [9.17, 15) is 0 Å². The summed E-state index contributed by atoms with van der Waals surface area (Å²) in [4.78, 5) is 4.55. The molecule has 0 saturated carbocycles. The monoisotopic (exact) mass is 1290 g/mol. The predicted octanol–water partition coefficient (Wildman–Crippen LogP) is 25.6. The zero-order valence-corrected chi connectivity index (χ0v) is 56.1. The molecule has 0 heterocycles. The van der Waals surface area contributed by atoms with E-state index >= 15 is 0 Å². The molecule has 482 valence electrons. The molecule has 0 bridgehead atoms. The Kier molecular flexibility index (Phi) is 21.7. The molecular weight excluding hydrogens is 1210 g/mol. The number of hydrogen-bond donors (Lipinski definition) is 0. The van der Waals surface area contributed by atoms with E-state index in [1.54, 1.807) is 14.2 Å². The molecule has 13 rings (SSSR count). The summed E-state index contributed by atoms with van der Waals surface area (Å²) in [5, 5.41) is 0. The SMILES string of the molecule is COc1ccc(N(c2ccc(C=Cc3ccc(C=CC=C(c4ccccc4)c4ccccc4)cc3)cc2)c2ccc(C=Cc3ccc(C=Cc4ccc(N(c5ccc(C=Cc6ccc(C=CC=C(c7ccccc7)c7ccccc7)cc6)cc5)c5ccc(OC)cc5)cc4)cc3)cc2)cc1. The first kappa shape index (κ1) is 65.6. The predicted molar refractivity (Wildman–Crippen MR) is 428 cm³/mol. The van der Waals surface area contributed by atoms with Crippen molar-refractivity contribution in [2.75, 3.05) is 24.0 Å². The van der Waals surface area contributed by atoms with Gasteiger partial charge in [-0.05, 0) is 186 Å². The molecule has 0 amide bonds. The second-order valence-corrected chi connectivity index (χ2v) is 24.1. The van der Waals surface area contributed by atoms with Crippen molar-refractivity contribution < 1.29 is 9.47 Å². The van der Waals surface area contributed by atoms with Crippen molar-refractivity contribution in [1.82, 2.24) is 0 Å². The fourth-order valence-corrected chi connectivity index (χ4v) is 11.9. The maximum absolute atomic E-state index is 5.54. The highest BCUT2D eigenvalue weighted by molar-refractivity contribution is 5.85. The van der Waals surface area contributed by atoms with Crippen LogP contribution >= 0.6 is 0 Å². The van der Waals surface area contributed by atoms with Gasteiger partial charge in [-0.2, -0.15) is 0 Å². The van der Waals surface area contributed by atoms with Crippen molar-refractivity contribution in [3.8, 4) is 11.5 Å². The van der Waals surface area contributed by atoms with Gasteiger partial charge in [0.05, 0.1) is 14.2 Å². The minimum atomic E-state index is 0.812. The molecule has 0 N–H and O–H groups in total. The third-order valence-electron chi connectivity index (χ3n) is 17.4. The van der Waals surface area contributed by atoms with Gasteiger partial charge in [0.2, 0.25) is 0 Å². The van der Waals surface area contributed by atoms with Crippen molar-refractivity contribution in [3.05, 3.63) is 442 Å². The Bertz CT molecular complexity index is 4590. The van der Waals surface area contributed by atoms with Gasteiger partial charge in [0, 0.05) is 34.1 Å². The number of rotatable bonds is 24. The summed E-state index contributed by atoms with van der Waals surface area (Å²) >= 11 is 0. The Balaban J connectivity index is 0.627. The maximum Gasteiger partial charge on any atom is 0.119 e. The number of anilines is 6. The summed E-state index contributed by atoms with van der Waals surface area (Å²) in [7, 11) is 3.40. The first-order valence-corrected chi connectivity index (χ1v) is 33.7. The fraction of sp³-hybridized carbons (Fsp3) is 0.0208. The van der Waals surface area contributed by atoms with E-state index in [1.807, 2.05) is 24.3 Å². The lowest BCUT2D eigenvalue weighted by molar-refractivity contribution is 0.414. The van der Waals surface area contributed by atoms with Gasteiger partial charge in [0.25, 0.3) is 0 Å². The van der Waals surface area contributed by atoms with Gasteiger partial charge in [-0.15, -0.1) is 0 Å². The smallest absolute Gasteiger partial charge is 0.119 e. The van der Waals surface area contributed by atoms with Gasteiger partial charge in [-0.1, -0.05) is 328 Å². The van der Waals surface area contributed by atoms with E-state index < -0.39 is 0 Å². The molecule has 4 nitrogen and oxygen atoms in total. The second-order valence-electron chi connectivity index (χ2n) is 24.1. The number of methoxy groups -OCH3 is 2. The highest BCUT2D eigenvalue weighted by Crippen LogP contribution is 2.38. The summed E-state index contributed by atoms with van der Waals surface area (Å²) in [6.45, 7) is 0. The van der Waals surface area contributed by atoms with Crippen LogP contribution in [0.2, 0.25) is 0 Å². The van der Waals surface area contributed by atoms with Crippen LogP contribution in [0.15, 0.2) is 364 Å². The standard InChI is InChI=1S/C96H76N2O2/c1-99-93-69-65-91(66-70-93)97(87-57-49-79(50-58-87)45-41-75-33-29-73(30-34-75)17-15-27-95(83-19-7-3-8-20-83)84-21-9-4-10-22-84)89-61-53-81(54-62-89)47-43-77-37-39-78(40-38-77)44-48-82-55-63-90(64-56-82)98(92-67-71-94(100-2)72-68-92)88-59-51-80(52-60-88)46-42-76-35-31-74(32-36-76)18-16-28-96(85-23-11-5-12-24-85)86-25-13-6-14-26-86/h3-72H,1-2H3. The van der Waals surface area contributed by atoms with Crippen LogP contribution in [0.5, 0.6) is 11.5 Å². The Morgan fingerprint density at radius 1 is 0.200 bits per heavy atom. The van der Waals surface area contributed by atoms with Crippen LogP contribution in [-0.4, -0.2) is 14.2 Å². The van der Waals surface area contributed by atoms with Crippen LogP contribution in [0.25, 0.3) is 71.9 Å². The lowest BCUT2D eigenvalue weighted by Crippen LogP contribution is -2.09. The highest BCUT2D eigenvalue weighted by atomic mass is 16.5. The number of nitrogens with zero attached hydrogens (tertiary/aromatic N) is 2. The van der Waals surface area contributed by atoms with Crippen molar-refractivity contribution >= 4 is 106 Å². The number of allylic oxidation sites excluding steroid dienone is 4. The van der Waals surface area contributed by atoms with E-state index in [4.69, 9.17) is 9.47 Å². The third kappa shape index (κ3) is 17.5. The Morgan fingerprint density at radius 2 is 0.370 bits per heavy atom. The maximum atomic E-state index is 5.54. The average molecular weight is 1290 g/mol. The van der Waals surface area contributed by atoms with Gasteiger partial charge in [-0.25, -0.2) is 0 Å². The molecule has 0 spiro atoms. The van der Waals surface area contributed by atoms with Crippen molar-refractivity contribution in [1.29, 1.82) is 0 Å². The molecule has 4 heteroatoms. The minimum Gasteiger partial charge on any atom is -0.497 e. The molecule has 0 aliphatic rings. The molecular formula is C96H76N2O2. The molecule has 0 aliphatic carbocycles. The molecule has 13 aromatic carbocycles. The summed E-state index contributed by atoms with van der Waals surface area (Å²) < 4.78 is 11.1. The molecule has 0 saturated heterocycles. The molecule has 0 atom stereocenters. The van der Waals surface area contributed by atoms with Crippen LogP contribution in [0.4, 0.5) is 34.1 Å². The third-order valence-corrected chi connectivity index (χ3v) is 17.4. The van der Waals surface area contributed by atoms with E-state index in [0.29, 0.717) is 0 Å². The molecule has 0 unspecified atom stereocenters. The number of benzene rings is 13. The van der Waals surface area contributed by atoms with Crippen LogP contribution < -0.4 is 19.3 Å². The molecule has 13 aromatic rings. The normalized spacial score (nSPS) is 11.5. The zero-order valence-electron chi connectivity index (χ0n) is 56.1. The van der Waals surface area contributed by atoms with E-state index in [1.165, 1.54) is 33.4 Å². The van der Waals surface area contributed by atoms with Crippen LogP contribution in [-0.2, 0) is 0 Å².